The second-order valence-corrected chi connectivity index (χ2v) is 4.35. The number of nitrogens with two attached hydrogens (primary N) is 1. The van der Waals surface area contributed by atoms with Crippen LogP contribution in [0.3, 0.4) is 0 Å². The topological polar surface area (TPSA) is 77.8 Å². The van der Waals surface area contributed by atoms with Crippen LogP contribution in [0.15, 0.2) is 41.2 Å². The molecule has 0 fully saturated rings. The van der Waals surface area contributed by atoms with Crippen molar-refractivity contribution in [2.75, 3.05) is 5.73 Å². The lowest BCUT2D eigenvalue weighted by Crippen LogP contribution is -1.91. The van der Waals surface area contributed by atoms with Crippen LogP contribution in [-0.2, 0) is 0 Å². The summed E-state index contributed by atoms with van der Waals surface area (Å²) in [6, 6.07) is 6.12. The summed E-state index contributed by atoms with van der Waals surface area (Å²) in [5.74, 6) is 0.261. The molecule has 2 heterocycles. The molecule has 0 atom stereocenters. The first-order valence-electron chi connectivity index (χ1n) is 5.95. The fourth-order valence-electron chi connectivity index (χ4n) is 1.88. The molecule has 0 amide bonds. The lowest BCUT2D eigenvalue weighted by atomic mass is 10.1. The van der Waals surface area contributed by atoms with E-state index in [0.29, 0.717) is 22.6 Å². The highest BCUT2D eigenvalue weighted by molar-refractivity contribution is 5.70. The van der Waals surface area contributed by atoms with Gasteiger partial charge in [0.25, 0.3) is 5.89 Å². The highest BCUT2D eigenvalue weighted by atomic mass is 19.1. The van der Waals surface area contributed by atoms with Crippen LogP contribution in [0.5, 0.6) is 0 Å². The number of anilines is 1. The molecule has 1 aromatic carbocycles. The van der Waals surface area contributed by atoms with E-state index in [2.05, 4.69) is 15.1 Å². The molecule has 100 valence electrons. The van der Waals surface area contributed by atoms with Crippen LogP contribution in [0.2, 0.25) is 0 Å². The quantitative estimate of drug-likeness (QED) is 0.774. The highest BCUT2D eigenvalue weighted by Gasteiger charge is 2.14. The molecule has 6 heteroatoms. The van der Waals surface area contributed by atoms with Gasteiger partial charge in [-0.15, -0.1) is 0 Å². The van der Waals surface area contributed by atoms with E-state index in [9.17, 15) is 4.39 Å². The minimum absolute atomic E-state index is 0.281. The smallest absolute Gasteiger partial charge is 0.260 e. The summed E-state index contributed by atoms with van der Waals surface area (Å²) in [5.41, 5.74) is 8.30. The van der Waals surface area contributed by atoms with Crippen molar-refractivity contribution in [1.29, 1.82) is 0 Å². The van der Waals surface area contributed by atoms with Crippen LogP contribution in [0.25, 0.3) is 22.8 Å². The van der Waals surface area contributed by atoms with Gasteiger partial charge in [0.2, 0.25) is 5.82 Å². The predicted octanol–water partition coefficient (Wildman–Crippen LogP) is 2.83. The Bertz CT molecular complexity index is 769. The number of hydrogen-bond donors (Lipinski definition) is 1. The Morgan fingerprint density at radius 2 is 2.05 bits per heavy atom. The normalized spacial score (nSPS) is 10.7. The van der Waals surface area contributed by atoms with E-state index < -0.39 is 0 Å². The summed E-state index contributed by atoms with van der Waals surface area (Å²) < 4.78 is 18.5. The third kappa shape index (κ3) is 2.11. The second-order valence-electron chi connectivity index (χ2n) is 4.35. The summed E-state index contributed by atoms with van der Waals surface area (Å²) in [6.45, 7) is 1.85. The maximum Gasteiger partial charge on any atom is 0.260 e. The van der Waals surface area contributed by atoms with Crippen molar-refractivity contribution in [3.63, 3.8) is 0 Å². The molecule has 20 heavy (non-hydrogen) atoms. The van der Waals surface area contributed by atoms with Gasteiger partial charge in [-0.05, 0) is 30.7 Å². The average Bonchev–Trinajstić information content (AvgIpc) is 2.91. The minimum Gasteiger partial charge on any atom is -0.397 e. The van der Waals surface area contributed by atoms with E-state index >= 15 is 0 Å². The lowest BCUT2D eigenvalue weighted by molar-refractivity contribution is 0.432. The number of pyridine rings is 1. The molecule has 0 spiro atoms. The summed E-state index contributed by atoms with van der Waals surface area (Å²) in [6.07, 6.45) is 3.09. The number of aromatic nitrogens is 3. The van der Waals surface area contributed by atoms with Crippen LogP contribution < -0.4 is 5.73 Å². The number of hydrogen-bond acceptors (Lipinski definition) is 5. The van der Waals surface area contributed by atoms with E-state index in [-0.39, 0.29) is 11.7 Å². The molecule has 2 aromatic heterocycles. The first kappa shape index (κ1) is 12.3. The molecule has 0 aliphatic carbocycles. The van der Waals surface area contributed by atoms with Gasteiger partial charge in [0.05, 0.1) is 17.4 Å². The lowest BCUT2D eigenvalue weighted by Gasteiger charge is -2.00. The molecular weight excluding hydrogens is 259 g/mol. The van der Waals surface area contributed by atoms with Gasteiger partial charge in [-0.25, -0.2) is 4.39 Å². The van der Waals surface area contributed by atoms with Crippen molar-refractivity contribution < 1.29 is 8.91 Å². The van der Waals surface area contributed by atoms with Crippen LogP contribution in [0, 0.1) is 12.7 Å². The van der Waals surface area contributed by atoms with Gasteiger partial charge in [-0.1, -0.05) is 11.2 Å². The maximum atomic E-state index is 13.3. The molecule has 0 saturated carbocycles. The van der Waals surface area contributed by atoms with Crippen molar-refractivity contribution >= 4 is 5.69 Å². The van der Waals surface area contributed by atoms with Crippen LogP contribution in [0.1, 0.15) is 5.56 Å². The Hall–Kier alpha value is -2.76. The molecule has 0 radical (unpaired) electrons. The average molecular weight is 270 g/mol. The van der Waals surface area contributed by atoms with Gasteiger partial charge in [0.15, 0.2) is 0 Å². The monoisotopic (exact) mass is 270 g/mol. The van der Waals surface area contributed by atoms with Crippen LogP contribution in [-0.4, -0.2) is 15.1 Å². The first-order valence-corrected chi connectivity index (χ1v) is 5.95. The fraction of sp³-hybridized carbons (Fsp3) is 0.0714. The zero-order chi connectivity index (χ0) is 14.1. The van der Waals surface area contributed by atoms with Crippen molar-refractivity contribution in [3.8, 4) is 22.8 Å². The van der Waals surface area contributed by atoms with E-state index in [4.69, 9.17) is 10.3 Å². The van der Waals surface area contributed by atoms with Crippen molar-refractivity contribution in [2.24, 2.45) is 0 Å². The van der Waals surface area contributed by atoms with Gasteiger partial charge in [0, 0.05) is 11.8 Å². The van der Waals surface area contributed by atoms with E-state index in [1.165, 1.54) is 18.3 Å². The van der Waals surface area contributed by atoms with Gasteiger partial charge in [-0.3, -0.25) is 4.98 Å². The summed E-state index contributed by atoms with van der Waals surface area (Å²) in [5, 5.41) is 3.88. The number of nitrogens with zero attached hydrogens (tertiary/aromatic N) is 3. The third-order valence-electron chi connectivity index (χ3n) is 2.95. The summed E-state index contributed by atoms with van der Waals surface area (Å²) in [4.78, 5) is 8.16. The van der Waals surface area contributed by atoms with Crippen molar-refractivity contribution in [2.45, 2.75) is 6.92 Å². The molecular formula is C14H11FN4O. The summed E-state index contributed by atoms with van der Waals surface area (Å²) in [7, 11) is 0. The maximum absolute atomic E-state index is 13.3. The highest BCUT2D eigenvalue weighted by Crippen LogP contribution is 2.27. The van der Waals surface area contributed by atoms with Gasteiger partial charge >= 0.3 is 0 Å². The third-order valence-corrected chi connectivity index (χ3v) is 2.95. The van der Waals surface area contributed by atoms with E-state index in [1.54, 1.807) is 18.3 Å². The Morgan fingerprint density at radius 3 is 2.85 bits per heavy atom. The number of halogens is 1. The van der Waals surface area contributed by atoms with Gasteiger partial charge in [0.1, 0.15) is 5.82 Å². The van der Waals surface area contributed by atoms with Gasteiger partial charge in [-0.2, -0.15) is 4.98 Å². The Balaban J connectivity index is 2.07. The fourth-order valence-corrected chi connectivity index (χ4v) is 1.88. The Morgan fingerprint density at radius 1 is 1.20 bits per heavy atom. The minimum atomic E-state index is -0.347. The molecule has 0 aliphatic rings. The van der Waals surface area contributed by atoms with Gasteiger partial charge < -0.3 is 10.3 Å². The molecule has 0 aliphatic heterocycles. The number of nitrogen functional groups attached to an aromatic ring is 1. The zero-order valence-electron chi connectivity index (χ0n) is 10.7. The molecule has 3 rings (SSSR count). The molecule has 3 aromatic rings. The Labute approximate surface area is 114 Å². The Kier molecular flexibility index (Phi) is 2.90. The standard InChI is InChI=1S/C14H11FN4O/c1-8-2-3-9(15)6-11(8)13-18-14(20-19-13)10-4-5-17-7-12(10)16/h2-7H,16H2,1H3. The number of aryl methyl sites for hydroxylation is 1. The van der Waals surface area contributed by atoms with Crippen molar-refractivity contribution in [1.82, 2.24) is 15.1 Å². The molecule has 5 nitrogen and oxygen atoms in total. The first-order chi connectivity index (χ1) is 9.65. The largest absolute Gasteiger partial charge is 0.397 e. The zero-order valence-corrected chi connectivity index (χ0v) is 10.7. The second kappa shape index (κ2) is 4.73. The van der Waals surface area contributed by atoms with Crippen LogP contribution >= 0.6 is 0 Å². The number of benzene rings is 1. The van der Waals surface area contributed by atoms with Crippen LogP contribution in [0.4, 0.5) is 10.1 Å². The SMILES string of the molecule is Cc1ccc(F)cc1-c1noc(-c2ccncc2N)n1. The van der Waals surface area contributed by atoms with E-state index in [0.717, 1.165) is 5.56 Å². The molecule has 2 N–H and O–H groups in total. The molecule has 0 bridgehead atoms. The van der Waals surface area contributed by atoms with E-state index in [1.807, 2.05) is 6.92 Å². The molecule has 0 saturated heterocycles. The summed E-state index contributed by atoms with van der Waals surface area (Å²) >= 11 is 0. The molecule has 0 unspecified atom stereocenters. The predicted molar refractivity (Wildman–Crippen MR) is 72.1 cm³/mol. The number of rotatable bonds is 2. The van der Waals surface area contributed by atoms with Crippen molar-refractivity contribution in [3.05, 3.63) is 48.0 Å².